The van der Waals surface area contributed by atoms with Gasteiger partial charge in [0, 0.05) is 75.2 Å². The Morgan fingerprint density at radius 3 is 2.04 bits per heavy atom. The van der Waals surface area contributed by atoms with Crippen LogP contribution in [0.25, 0.3) is 10.9 Å². The van der Waals surface area contributed by atoms with Crippen molar-refractivity contribution in [2.75, 3.05) is 82.0 Å². The fraction of sp³-hybridized carbons (Fsp3) is 0.526. The summed E-state index contributed by atoms with van der Waals surface area (Å²) in [6.07, 6.45) is 0. The molecule has 6 heteroatoms. The number of nitrogens with zero attached hydrogens (tertiary/aromatic N) is 5. The van der Waals surface area contributed by atoms with E-state index in [9.17, 15) is 0 Å². The summed E-state index contributed by atoms with van der Waals surface area (Å²) in [6.45, 7) is 8.53. The van der Waals surface area contributed by atoms with Gasteiger partial charge in [0.15, 0.2) is 0 Å². The van der Waals surface area contributed by atoms with Crippen LogP contribution < -0.4 is 15.5 Å². The maximum Gasteiger partial charge on any atom is 0.131 e. The molecular formula is C19H28N6. The highest BCUT2D eigenvalue weighted by Crippen LogP contribution is 2.32. The monoisotopic (exact) mass is 340 g/mol. The van der Waals surface area contributed by atoms with Crippen LogP contribution in [0, 0.1) is 0 Å². The first-order valence-corrected chi connectivity index (χ1v) is 9.17. The second kappa shape index (κ2) is 6.69. The van der Waals surface area contributed by atoms with Crippen molar-refractivity contribution in [1.29, 1.82) is 0 Å². The minimum Gasteiger partial charge on any atom is -0.399 e. The molecule has 2 saturated heterocycles. The summed E-state index contributed by atoms with van der Waals surface area (Å²) in [4.78, 5) is 14.6. The number of benzene rings is 1. The van der Waals surface area contributed by atoms with Gasteiger partial charge >= 0.3 is 0 Å². The summed E-state index contributed by atoms with van der Waals surface area (Å²) in [6, 6.07) is 8.36. The molecule has 1 aromatic heterocycles. The summed E-state index contributed by atoms with van der Waals surface area (Å²) in [5.74, 6) is 1.10. The van der Waals surface area contributed by atoms with Crippen LogP contribution in [0.5, 0.6) is 0 Å². The molecule has 2 aliphatic heterocycles. The fourth-order valence-corrected chi connectivity index (χ4v) is 3.72. The van der Waals surface area contributed by atoms with Crippen molar-refractivity contribution in [2.45, 2.75) is 0 Å². The van der Waals surface area contributed by atoms with E-state index in [1.165, 1.54) is 11.1 Å². The maximum atomic E-state index is 6.07. The zero-order valence-electron chi connectivity index (χ0n) is 15.3. The Labute approximate surface area is 149 Å². The van der Waals surface area contributed by atoms with Crippen molar-refractivity contribution in [1.82, 2.24) is 14.8 Å². The predicted molar refractivity (Wildman–Crippen MR) is 106 cm³/mol. The van der Waals surface area contributed by atoms with Crippen LogP contribution >= 0.6 is 0 Å². The zero-order valence-corrected chi connectivity index (χ0v) is 15.3. The van der Waals surface area contributed by atoms with Crippen molar-refractivity contribution < 1.29 is 0 Å². The number of fused-ring (bicyclic) bond motifs is 1. The molecule has 0 saturated carbocycles. The minimum absolute atomic E-state index is 0.803. The second-order valence-electron chi connectivity index (χ2n) is 7.36. The Kier molecular flexibility index (Phi) is 4.39. The van der Waals surface area contributed by atoms with E-state index in [4.69, 9.17) is 10.7 Å². The standard InChI is InChI=1S/C19H28N6/c1-22-5-9-24(10-6-22)18-14-19(25-11-7-23(2)8-12-25)21-17-4-3-15(20)13-16(17)18/h3-4,13-14H,5-12,20H2,1-2H3. The van der Waals surface area contributed by atoms with E-state index in [1.54, 1.807) is 0 Å². The van der Waals surface area contributed by atoms with Gasteiger partial charge in [0.05, 0.1) is 5.52 Å². The van der Waals surface area contributed by atoms with Gasteiger partial charge in [-0.2, -0.15) is 0 Å². The summed E-state index contributed by atoms with van der Waals surface area (Å²) < 4.78 is 0. The van der Waals surface area contributed by atoms with E-state index in [2.05, 4.69) is 51.9 Å². The van der Waals surface area contributed by atoms with E-state index >= 15 is 0 Å². The number of hydrogen-bond acceptors (Lipinski definition) is 6. The molecule has 0 amide bonds. The van der Waals surface area contributed by atoms with Gasteiger partial charge in [-0.05, 0) is 32.3 Å². The molecule has 2 fully saturated rings. The molecule has 0 aliphatic carbocycles. The molecule has 0 bridgehead atoms. The van der Waals surface area contributed by atoms with Crippen molar-refractivity contribution in [3.63, 3.8) is 0 Å². The number of likely N-dealkylation sites (N-methyl/N-ethyl adjacent to an activating group) is 2. The number of rotatable bonds is 2. The van der Waals surface area contributed by atoms with E-state index in [0.29, 0.717) is 0 Å². The number of anilines is 3. The third-order valence-corrected chi connectivity index (χ3v) is 5.47. The highest BCUT2D eigenvalue weighted by atomic mass is 15.3. The molecule has 0 unspecified atom stereocenters. The lowest BCUT2D eigenvalue weighted by atomic mass is 10.1. The first-order chi connectivity index (χ1) is 12.1. The zero-order chi connectivity index (χ0) is 17.4. The van der Waals surface area contributed by atoms with Crippen LogP contribution in [0.15, 0.2) is 24.3 Å². The Morgan fingerprint density at radius 1 is 0.800 bits per heavy atom. The molecule has 6 nitrogen and oxygen atoms in total. The number of nitrogens with two attached hydrogens (primary N) is 1. The van der Waals surface area contributed by atoms with Crippen LogP contribution in [0.1, 0.15) is 0 Å². The molecule has 1 aromatic carbocycles. The molecular weight excluding hydrogens is 312 g/mol. The van der Waals surface area contributed by atoms with Gasteiger partial charge in [-0.3, -0.25) is 0 Å². The first kappa shape index (κ1) is 16.4. The average molecular weight is 340 g/mol. The highest BCUT2D eigenvalue weighted by Gasteiger charge is 2.21. The summed E-state index contributed by atoms with van der Waals surface area (Å²) >= 11 is 0. The van der Waals surface area contributed by atoms with E-state index < -0.39 is 0 Å². The summed E-state index contributed by atoms with van der Waals surface area (Å²) in [7, 11) is 4.37. The Hall–Kier alpha value is -2.05. The normalized spacial score (nSPS) is 20.4. The van der Waals surface area contributed by atoms with Crippen LogP contribution in [0.2, 0.25) is 0 Å². The Bertz CT molecular complexity index is 745. The second-order valence-corrected chi connectivity index (χ2v) is 7.36. The van der Waals surface area contributed by atoms with Gasteiger partial charge in [0.2, 0.25) is 0 Å². The lowest BCUT2D eigenvalue weighted by Crippen LogP contribution is -2.45. The summed E-state index contributed by atoms with van der Waals surface area (Å²) in [5.41, 5.74) is 9.19. The van der Waals surface area contributed by atoms with Crippen LogP contribution in [-0.2, 0) is 0 Å². The first-order valence-electron chi connectivity index (χ1n) is 9.17. The largest absolute Gasteiger partial charge is 0.399 e. The lowest BCUT2D eigenvalue weighted by molar-refractivity contribution is 0.311. The van der Waals surface area contributed by atoms with Gasteiger partial charge in [0.1, 0.15) is 5.82 Å². The molecule has 0 atom stereocenters. The van der Waals surface area contributed by atoms with E-state index in [0.717, 1.165) is 69.4 Å². The molecule has 4 rings (SSSR count). The molecule has 3 heterocycles. The highest BCUT2D eigenvalue weighted by molar-refractivity contribution is 5.95. The average Bonchev–Trinajstić information content (AvgIpc) is 2.62. The Balaban J connectivity index is 1.74. The number of hydrogen-bond donors (Lipinski definition) is 1. The summed E-state index contributed by atoms with van der Waals surface area (Å²) in [5, 5.41) is 1.17. The van der Waals surface area contributed by atoms with Gasteiger partial charge in [-0.15, -0.1) is 0 Å². The predicted octanol–water partition coefficient (Wildman–Crippen LogP) is 1.32. The smallest absolute Gasteiger partial charge is 0.131 e. The fourth-order valence-electron chi connectivity index (χ4n) is 3.72. The molecule has 0 spiro atoms. The Morgan fingerprint density at radius 2 is 1.40 bits per heavy atom. The van der Waals surface area contributed by atoms with Crippen molar-refractivity contribution >= 4 is 28.1 Å². The molecule has 0 radical (unpaired) electrons. The van der Waals surface area contributed by atoms with Crippen LogP contribution in [-0.4, -0.2) is 81.2 Å². The van der Waals surface area contributed by atoms with Crippen molar-refractivity contribution in [3.8, 4) is 0 Å². The number of aromatic nitrogens is 1. The van der Waals surface area contributed by atoms with Gasteiger partial charge < -0.3 is 25.3 Å². The quantitative estimate of drug-likeness (QED) is 0.832. The third-order valence-electron chi connectivity index (χ3n) is 5.47. The van der Waals surface area contributed by atoms with Crippen LogP contribution in [0.3, 0.4) is 0 Å². The number of nitrogen functional groups attached to an aromatic ring is 1. The number of pyridine rings is 1. The lowest BCUT2D eigenvalue weighted by Gasteiger charge is -2.36. The molecule has 2 aliphatic rings. The maximum absolute atomic E-state index is 6.07. The van der Waals surface area contributed by atoms with Crippen molar-refractivity contribution in [2.24, 2.45) is 0 Å². The SMILES string of the molecule is CN1CCN(c2cc(N3CCN(C)CC3)c3cc(N)ccc3n2)CC1. The molecule has 134 valence electrons. The molecule has 2 N–H and O–H groups in total. The van der Waals surface area contributed by atoms with Crippen molar-refractivity contribution in [3.05, 3.63) is 24.3 Å². The minimum atomic E-state index is 0.803. The third kappa shape index (κ3) is 3.37. The van der Waals surface area contributed by atoms with Gasteiger partial charge in [0.25, 0.3) is 0 Å². The van der Waals surface area contributed by atoms with Gasteiger partial charge in [-0.25, -0.2) is 4.98 Å². The van der Waals surface area contributed by atoms with Gasteiger partial charge in [-0.1, -0.05) is 0 Å². The topological polar surface area (TPSA) is 51.9 Å². The van der Waals surface area contributed by atoms with E-state index in [-0.39, 0.29) is 0 Å². The number of piperazine rings is 2. The van der Waals surface area contributed by atoms with Crippen LogP contribution in [0.4, 0.5) is 17.2 Å². The van der Waals surface area contributed by atoms with E-state index in [1.807, 2.05) is 6.07 Å². The molecule has 25 heavy (non-hydrogen) atoms. The molecule has 2 aromatic rings.